The molecule has 0 heterocycles. The maximum atomic E-state index is 11.3. The number of alkyl halides is 3. The van der Waals surface area contributed by atoms with Crippen molar-refractivity contribution in [2.45, 2.75) is 6.18 Å². The minimum atomic E-state index is -4.98. The zero-order chi connectivity index (χ0) is 8.36. The van der Waals surface area contributed by atoms with Crippen molar-refractivity contribution >= 4 is 36.4 Å². The van der Waals surface area contributed by atoms with Crippen LogP contribution in [-0.2, 0) is 13.9 Å². The third kappa shape index (κ3) is 4.08. The molecule has 0 spiro atoms. The molecule has 2 nitrogen and oxygen atoms in total. The fourth-order valence-corrected chi connectivity index (χ4v) is 0.719. The summed E-state index contributed by atoms with van der Waals surface area (Å²) < 4.78 is 36.1. The van der Waals surface area contributed by atoms with E-state index in [0.29, 0.717) is 0 Å². The van der Waals surface area contributed by atoms with Crippen molar-refractivity contribution in [2.24, 2.45) is 4.36 Å². The van der Waals surface area contributed by atoms with Gasteiger partial charge in [0.2, 0.25) is 0 Å². The number of hydrogen-bond donors (Lipinski definition) is 0. The zero-order valence-corrected chi connectivity index (χ0v) is 6.48. The van der Waals surface area contributed by atoms with Gasteiger partial charge in [-0.3, -0.25) is 4.79 Å². The minimum absolute atomic E-state index is 1.89. The number of carbonyl (C=O) groups excluding carboxylic acids is 1. The predicted molar refractivity (Wildman–Crippen MR) is 32.6 cm³/mol. The molecular weight excluding hydrogens is 214 g/mol. The van der Waals surface area contributed by atoms with E-state index in [1.807, 2.05) is 0 Å². The number of halogens is 5. The predicted octanol–water partition coefficient (Wildman–Crippen LogP) is 2.18. The average molecular weight is 214 g/mol. The van der Waals surface area contributed by atoms with Gasteiger partial charge in [0.25, 0.3) is 0 Å². The van der Waals surface area contributed by atoms with Crippen LogP contribution in [0.2, 0.25) is 0 Å². The second-order valence-corrected chi connectivity index (χ2v) is 3.89. The number of rotatable bonds is 0. The summed E-state index contributed by atoms with van der Waals surface area (Å²) in [6.45, 7) is 0. The quantitative estimate of drug-likeness (QED) is 0.607. The van der Waals surface area contributed by atoms with E-state index in [1.54, 1.807) is 0 Å². The molecule has 0 bridgehead atoms. The van der Waals surface area contributed by atoms with Gasteiger partial charge in [-0.15, -0.1) is 0 Å². The van der Waals surface area contributed by atoms with Crippen molar-refractivity contribution in [2.75, 3.05) is 0 Å². The van der Waals surface area contributed by atoms with Gasteiger partial charge in [-0.05, 0) is 21.4 Å². The number of nitrogens with zero attached hydrogens (tertiary/aromatic N) is 1. The van der Waals surface area contributed by atoms with Crippen molar-refractivity contribution < 1.29 is 18.0 Å². The Hall–Kier alpha value is 0.190. The van der Waals surface area contributed by atoms with Crippen molar-refractivity contribution in [1.29, 1.82) is 0 Å². The molecule has 0 rings (SSSR count). The van der Waals surface area contributed by atoms with Crippen LogP contribution in [0.4, 0.5) is 13.2 Å². The topological polar surface area (TPSA) is 29.4 Å². The molecule has 10 heavy (non-hydrogen) atoms. The molecule has 0 unspecified atom stereocenters. The van der Waals surface area contributed by atoms with Gasteiger partial charge in [-0.1, -0.05) is 0 Å². The number of amides is 1. The van der Waals surface area contributed by atoms with Crippen LogP contribution >= 0.6 is 21.4 Å². The Morgan fingerprint density at radius 1 is 1.40 bits per heavy atom. The minimum Gasteiger partial charge on any atom is -0.261 e. The maximum Gasteiger partial charge on any atom is 0.474 e. The molecule has 1 amide bonds. The highest BCUT2D eigenvalue weighted by molar-refractivity contribution is 8.28. The fraction of sp³-hybridized carbons (Fsp3) is 0.500. The van der Waals surface area contributed by atoms with Crippen LogP contribution in [0.25, 0.3) is 0 Å². The van der Waals surface area contributed by atoms with Crippen molar-refractivity contribution in [1.82, 2.24) is 0 Å². The van der Waals surface area contributed by atoms with E-state index < -0.39 is 21.2 Å². The smallest absolute Gasteiger partial charge is 0.261 e. The van der Waals surface area contributed by atoms with E-state index in [1.165, 1.54) is 0 Å². The lowest BCUT2D eigenvalue weighted by molar-refractivity contribution is -0.169. The Morgan fingerprint density at radius 2 is 1.80 bits per heavy atom. The first-order valence-electron chi connectivity index (χ1n) is 1.74. The van der Waals surface area contributed by atoms with Crippen molar-refractivity contribution in [3.63, 3.8) is 0 Å². The van der Waals surface area contributed by atoms with Gasteiger partial charge in [0, 0.05) is 0 Å². The summed E-state index contributed by atoms with van der Waals surface area (Å²) in [6.07, 6.45) is -4.98. The van der Waals surface area contributed by atoms with Gasteiger partial charge in [-0.25, -0.2) is 0 Å². The van der Waals surface area contributed by atoms with E-state index >= 15 is 0 Å². The molecule has 0 aliphatic rings. The van der Waals surface area contributed by atoms with E-state index in [9.17, 15) is 18.0 Å². The number of hydrogen-bond acceptors (Lipinski definition) is 1. The van der Waals surface area contributed by atoms with Gasteiger partial charge < -0.3 is 0 Å². The summed E-state index contributed by atoms with van der Waals surface area (Å²) >= 11 is 0. The number of carbonyl (C=O) groups is 1. The van der Waals surface area contributed by atoms with Crippen molar-refractivity contribution in [3.8, 4) is 0 Å². The molecule has 8 heteroatoms. The third-order valence-corrected chi connectivity index (χ3v) is 1.11. The second kappa shape index (κ2) is 3.54. The lowest BCUT2D eigenvalue weighted by Crippen LogP contribution is -2.19. The molecule has 0 aliphatic heterocycles. The standard InChI is InChI=1S/C2Cl2F3NOS/c3-10(4)8-1(9)2(5,6)7. The monoisotopic (exact) mass is 213 g/mol. The zero-order valence-electron chi connectivity index (χ0n) is 4.15. The molecule has 0 saturated carbocycles. The van der Waals surface area contributed by atoms with Crippen LogP contribution in [0.15, 0.2) is 4.36 Å². The Kier molecular flexibility index (Phi) is 3.61. The van der Waals surface area contributed by atoms with E-state index in [2.05, 4.69) is 4.36 Å². The van der Waals surface area contributed by atoms with Crippen LogP contribution in [0.1, 0.15) is 0 Å². The van der Waals surface area contributed by atoms with Crippen LogP contribution in [0.5, 0.6) is 0 Å². The Bertz CT molecular complexity index is 174. The largest absolute Gasteiger partial charge is 0.474 e. The summed E-state index contributed by atoms with van der Waals surface area (Å²) in [6, 6.07) is 0. The van der Waals surface area contributed by atoms with Gasteiger partial charge in [0.05, 0.1) is 9.12 Å². The van der Waals surface area contributed by atoms with Gasteiger partial charge in [0.1, 0.15) is 0 Å². The molecule has 0 radical (unpaired) electrons. The molecule has 0 fully saturated rings. The van der Waals surface area contributed by atoms with Gasteiger partial charge >= 0.3 is 12.1 Å². The van der Waals surface area contributed by atoms with Crippen molar-refractivity contribution in [3.05, 3.63) is 0 Å². The first-order chi connectivity index (χ1) is 4.34. The molecule has 0 aromatic carbocycles. The molecule has 60 valence electrons. The Morgan fingerprint density at radius 3 is 1.90 bits per heavy atom. The summed E-state index contributed by atoms with van der Waals surface area (Å²) in [5, 5.41) is 0. The van der Waals surface area contributed by atoms with E-state index in [4.69, 9.17) is 21.4 Å². The lowest BCUT2D eigenvalue weighted by atomic mass is 10.6. The summed E-state index contributed by atoms with van der Waals surface area (Å²) in [4.78, 5) is 9.82. The third-order valence-electron chi connectivity index (χ3n) is 0.394. The first-order valence-corrected chi connectivity index (χ1v) is 4.57. The van der Waals surface area contributed by atoms with E-state index in [-0.39, 0.29) is 0 Å². The Labute approximate surface area is 65.4 Å². The molecule has 0 atom stereocenters. The molecule has 0 N–H and O–H groups in total. The summed E-state index contributed by atoms with van der Waals surface area (Å²) in [5.41, 5.74) is 0. The average Bonchev–Trinajstić information content (AvgIpc) is 1.60. The molecule has 0 aromatic heterocycles. The van der Waals surface area contributed by atoms with Crippen LogP contribution in [-0.4, -0.2) is 12.1 Å². The van der Waals surface area contributed by atoms with Crippen LogP contribution in [0, 0.1) is 0 Å². The highest BCUT2D eigenvalue weighted by atomic mass is 36.0. The Balaban J connectivity index is 4.27. The molecular formula is C2Cl2F3NOS. The highest BCUT2D eigenvalue weighted by Crippen LogP contribution is 2.18. The molecule has 0 saturated heterocycles. The molecule has 0 aliphatic carbocycles. The highest BCUT2D eigenvalue weighted by Gasteiger charge is 2.38. The lowest BCUT2D eigenvalue weighted by Gasteiger charge is -1.97. The van der Waals surface area contributed by atoms with E-state index in [0.717, 1.165) is 0 Å². The molecule has 0 aromatic rings. The van der Waals surface area contributed by atoms with Crippen LogP contribution in [0.3, 0.4) is 0 Å². The van der Waals surface area contributed by atoms with Gasteiger partial charge in [0.15, 0.2) is 0 Å². The van der Waals surface area contributed by atoms with Gasteiger partial charge in [-0.2, -0.15) is 17.5 Å². The normalized spacial score (nSPS) is 11.8. The SMILES string of the molecule is O=C(N=S(Cl)Cl)C(F)(F)F. The first kappa shape index (κ1) is 10.2. The van der Waals surface area contributed by atoms with Crippen LogP contribution < -0.4 is 0 Å². The summed E-state index contributed by atoms with van der Waals surface area (Å²) in [7, 11) is 7.68. The second-order valence-electron chi connectivity index (χ2n) is 1.09. The summed E-state index contributed by atoms with van der Waals surface area (Å²) in [5.74, 6) is -2.26. The maximum absolute atomic E-state index is 11.3. The fourth-order valence-electron chi connectivity index (χ4n) is 0.114.